The maximum absolute atomic E-state index is 13.5. The summed E-state index contributed by atoms with van der Waals surface area (Å²) in [5, 5.41) is 2.73. The van der Waals surface area contributed by atoms with E-state index in [-0.39, 0.29) is 18.4 Å². The fourth-order valence-corrected chi connectivity index (χ4v) is 4.37. The number of ether oxygens (including phenoxy) is 1. The highest BCUT2D eigenvalue weighted by atomic mass is 79.9. The lowest BCUT2D eigenvalue weighted by atomic mass is 10.0. The molecule has 5 nitrogen and oxygen atoms in total. The molecular formula is C28H31BrN2O3. The first-order valence-corrected chi connectivity index (χ1v) is 12.2. The van der Waals surface area contributed by atoms with Gasteiger partial charge >= 0.3 is 0 Å². The monoisotopic (exact) mass is 522 g/mol. The van der Waals surface area contributed by atoms with Crippen LogP contribution in [0.5, 0.6) is 5.75 Å². The first kappa shape index (κ1) is 25.5. The number of halogens is 1. The Morgan fingerprint density at radius 2 is 1.71 bits per heavy atom. The molecule has 0 fully saturated rings. The van der Waals surface area contributed by atoms with Crippen molar-refractivity contribution in [1.29, 1.82) is 0 Å². The molecule has 2 amide bonds. The molecule has 0 unspecified atom stereocenters. The van der Waals surface area contributed by atoms with Crippen LogP contribution in [-0.2, 0) is 29.0 Å². The van der Waals surface area contributed by atoms with Crippen LogP contribution in [0.25, 0.3) is 0 Å². The van der Waals surface area contributed by atoms with Gasteiger partial charge in [-0.2, -0.15) is 0 Å². The van der Waals surface area contributed by atoms with Gasteiger partial charge in [0.1, 0.15) is 11.8 Å². The molecule has 0 radical (unpaired) electrons. The Balaban J connectivity index is 1.87. The van der Waals surface area contributed by atoms with Crippen molar-refractivity contribution in [2.45, 2.75) is 39.3 Å². The van der Waals surface area contributed by atoms with E-state index in [1.165, 1.54) is 5.56 Å². The van der Waals surface area contributed by atoms with E-state index < -0.39 is 6.04 Å². The van der Waals surface area contributed by atoms with Crippen LogP contribution < -0.4 is 10.1 Å². The lowest BCUT2D eigenvalue weighted by Crippen LogP contribution is -2.51. The fourth-order valence-electron chi connectivity index (χ4n) is 3.83. The molecule has 0 aliphatic rings. The number of nitrogens with one attached hydrogen (secondary N) is 1. The zero-order valence-corrected chi connectivity index (χ0v) is 21.5. The summed E-state index contributed by atoms with van der Waals surface area (Å²) >= 11 is 3.53. The van der Waals surface area contributed by atoms with E-state index in [1.54, 1.807) is 11.9 Å². The lowest BCUT2D eigenvalue weighted by molar-refractivity contribution is -0.142. The molecule has 0 aliphatic carbocycles. The van der Waals surface area contributed by atoms with Gasteiger partial charge in [0.25, 0.3) is 5.91 Å². The van der Waals surface area contributed by atoms with E-state index in [1.807, 2.05) is 79.7 Å². The Morgan fingerprint density at radius 1 is 0.971 bits per heavy atom. The molecular weight excluding hydrogens is 492 g/mol. The molecule has 3 aromatic carbocycles. The van der Waals surface area contributed by atoms with Crippen LogP contribution in [0.1, 0.15) is 29.2 Å². The van der Waals surface area contributed by atoms with Gasteiger partial charge in [-0.1, -0.05) is 73.2 Å². The average Bonchev–Trinajstić information content (AvgIpc) is 2.85. The van der Waals surface area contributed by atoms with Crippen LogP contribution in [0.3, 0.4) is 0 Å². The highest BCUT2D eigenvalue weighted by Crippen LogP contribution is 2.26. The molecule has 0 bridgehead atoms. The summed E-state index contributed by atoms with van der Waals surface area (Å²) in [6.07, 6.45) is 1.32. The first-order chi connectivity index (χ1) is 16.4. The van der Waals surface area contributed by atoms with Gasteiger partial charge in [0.05, 0.1) is 4.47 Å². The Kier molecular flexibility index (Phi) is 9.28. The number of aryl methyl sites for hydroxylation is 2. The van der Waals surface area contributed by atoms with E-state index in [2.05, 4.69) is 28.2 Å². The van der Waals surface area contributed by atoms with Crippen molar-refractivity contribution in [3.05, 3.63) is 99.5 Å². The number of amides is 2. The fraction of sp³-hybridized carbons (Fsp3) is 0.286. The Hall–Kier alpha value is -3.12. The normalized spacial score (nSPS) is 11.5. The predicted octanol–water partition coefficient (Wildman–Crippen LogP) is 5.08. The molecule has 1 atom stereocenters. The molecule has 178 valence electrons. The second-order valence-electron chi connectivity index (χ2n) is 8.24. The van der Waals surface area contributed by atoms with Crippen LogP contribution in [0.15, 0.2) is 77.3 Å². The van der Waals surface area contributed by atoms with E-state index in [4.69, 9.17) is 4.74 Å². The number of nitrogens with zero attached hydrogens (tertiary/aromatic N) is 1. The maximum atomic E-state index is 13.5. The minimum absolute atomic E-state index is 0.168. The van der Waals surface area contributed by atoms with Gasteiger partial charge < -0.3 is 15.0 Å². The van der Waals surface area contributed by atoms with Crippen molar-refractivity contribution in [3.63, 3.8) is 0 Å². The third-order valence-electron chi connectivity index (χ3n) is 5.71. The van der Waals surface area contributed by atoms with Gasteiger partial charge in [0, 0.05) is 20.0 Å². The van der Waals surface area contributed by atoms with Crippen LogP contribution in [0, 0.1) is 6.92 Å². The number of benzene rings is 3. The number of carbonyl (C=O) groups excluding carboxylic acids is 2. The Morgan fingerprint density at radius 3 is 2.35 bits per heavy atom. The summed E-state index contributed by atoms with van der Waals surface area (Å²) in [7, 11) is 1.60. The van der Waals surface area contributed by atoms with Crippen molar-refractivity contribution >= 4 is 27.7 Å². The third kappa shape index (κ3) is 6.94. The van der Waals surface area contributed by atoms with E-state index in [0.717, 1.165) is 27.6 Å². The molecule has 0 heterocycles. The molecule has 3 aromatic rings. The van der Waals surface area contributed by atoms with Gasteiger partial charge in [-0.25, -0.2) is 0 Å². The molecule has 1 N–H and O–H groups in total. The zero-order valence-electron chi connectivity index (χ0n) is 19.9. The zero-order chi connectivity index (χ0) is 24.5. The molecule has 34 heavy (non-hydrogen) atoms. The predicted molar refractivity (Wildman–Crippen MR) is 139 cm³/mol. The van der Waals surface area contributed by atoms with E-state index in [0.29, 0.717) is 18.7 Å². The molecule has 0 aliphatic heterocycles. The summed E-state index contributed by atoms with van der Waals surface area (Å²) < 4.78 is 6.69. The van der Waals surface area contributed by atoms with Gasteiger partial charge in [-0.15, -0.1) is 0 Å². The molecule has 0 aromatic heterocycles. The second kappa shape index (κ2) is 12.4. The van der Waals surface area contributed by atoms with Crippen LogP contribution >= 0.6 is 15.9 Å². The number of rotatable bonds is 10. The number of likely N-dealkylation sites (N-methyl/N-ethyl adjacent to an activating group) is 1. The smallest absolute Gasteiger partial charge is 0.261 e. The first-order valence-electron chi connectivity index (χ1n) is 11.4. The number of carbonyl (C=O) groups is 2. The number of hydrogen-bond acceptors (Lipinski definition) is 3. The van der Waals surface area contributed by atoms with Crippen LogP contribution in [0.4, 0.5) is 0 Å². The quantitative estimate of drug-likeness (QED) is 0.403. The van der Waals surface area contributed by atoms with Gasteiger partial charge in [0.15, 0.2) is 6.61 Å². The summed E-state index contributed by atoms with van der Waals surface area (Å²) in [6, 6.07) is 22.9. The van der Waals surface area contributed by atoms with Gasteiger partial charge in [-0.3, -0.25) is 9.59 Å². The van der Waals surface area contributed by atoms with Crippen molar-refractivity contribution in [2.24, 2.45) is 0 Å². The average molecular weight is 523 g/mol. The minimum Gasteiger partial charge on any atom is -0.483 e. The SMILES string of the molecule is CCc1ccc(OCC(=O)N(Cc2cccc(C)c2)[C@@H](Cc2ccccc2)C(=O)NC)c(Br)c1. The van der Waals surface area contributed by atoms with Crippen molar-refractivity contribution in [3.8, 4) is 5.75 Å². The van der Waals surface area contributed by atoms with Gasteiger partial charge in [0.2, 0.25) is 5.91 Å². The largest absolute Gasteiger partial charge is 0.483 e. The van der Waals surface area contributed by atoms with Crippen molar-refractivity contribution < 1.29 is 14.3 Å². The van der Waals surface area contributed by atoms with Crippen LogP contribution in [-0.4, -0.2) is 36.4 Å². The Bertz CT molecular complexity index is 1120. The van der Waals surface area contributed by atoms with Gasteiger partial charge in [-0.05, 0) is 58.1 Å². The second-order valence-corrected chi connectivity index (χ2v) is 9.09. The summed E-state index contributed by atoms with van der Waals surface area (Å²) in [5.74, 6) is 0.136. The van der Waals surface area contributed by atoms with E-state index in [9.17, 15) is 9.59 Å². The summed E-state index contributed by atoms with van der Waals surface area (Å²) in [4.78, 5) is 28.1. The van der Waals surface area contributed by atoms with E-state index >= 15 is 0 Å². The molecule has 0 saturated heterocycles. The number of hydrogen-bond donors (Lipinski definition) is 1. The molecule has 3 rings (SSSR count). The molecule has 0 saturated carbocycles. The highest BCUT2D eigenvalue weighted by molar-refractivity contribution is 9.10. The standard InChI is InChI=1S/C28H31BrN2O3/c1-4-21-13-14-26(24(29)16-21)34-19-27(32)31(18-23-12-8-9-20(2)15-23)25(28(33)30-3)17-22-10-6-5-7-11-22/h5-16,25H,4,17-19H2,1-3H3,(H,30,33)/t25-/m0/s1. The maximum Gasteiger partial charge on any atom is 0.261 e. The van der Waals surface area contributed by atoms with Crippen LogP contribution in [0.2, 0.25) is 0 Å². The van der Waals surface area contributed by atoms with Crippen molar-refractivity contribution in [1.82, 2.24) is 10.2 Å². The van der Waals surface area contributed by atoms with Crippen molar-refractivity contribution in [2.75, 3.05) is 13.7 Å². The minimum atomic E-state index is -0.671. The summed E-state index contributed by atoms with van der Waals surface area (Å²) in [5.41, 5.74) is 4.22. The highest BCUT2D eigenvalue weighted by Gasteiger charge is 2.30. The topological polar surface area (TPSA) is 58.6 Å². The summed E-state index contributed by atoms with van der Waals surface area (Å²) in [6.45, 7) is 4.24. The Labute approximate surface area is 210 Å². The molecule has 6 heteroatoms. The third-order valence-corrected chi connectivity index (χ3v) is 6.33. The lowest BCUT2D eigenvalue weighted by Gasteiger charge is -2.31. The molecule has 0 spiro atoms.